The summed E-state index contributed by atoms with van der Waals surface area (Å²) in [6.45, 7) is 11.5. The first kappa shape index (κ1) is 19.9. The van der Waals surface area contributed by atoms with Crippen molar-refractivity contribution in [3.63, 3.8) is 0 Å². The molecule has 2 aromatic rings. The van der Waals surface area contributed by atoms with E-state index in [2.05, 4.69) is 45.8 Å². The minimum absolute atomic E-state index is 0.0152. The van der Waals surface area contributed by atoms with Crippen LogP contribution in [0.1, 0.15) is 55.4 Å². The smallest absolute Gasteiger partial charge is 0.283 e. The lowest BCUT2D eigenvalue weighted by Crippen LogP contribution is -2.19. The molecule has 0 N–H and O–H groups in total. The lowest BCUT2D eigenvalue weighted by Gasteiger charge is -2.14. The van der Waals surface area contributed by atoms with Crippen molar-refractivity contribution in [3.8, 4) is 11.8 Å². The molecular formula is C20H25N3O2S. The number of hydrogen-bond acceptors (Lipinski definition) is 4. The number of carbonyl (C=O) groups excluding carboxylic acids is 1. The molecule has 0 aliphatic rings. The third-order valence-electron chi connectivity index (χ3n) is 3.78. The molecule has 0 bridgehead atoms. The second-order valence-corrected chi connectivity index (χ2v) is 8.63. The van der Waals surface area contributed by atoms with Gasteiger partial charge in [-0.05, 0) is 29.5 Å². The van der Waals surface area contributed by atoms with E-state index in [0.717, 1.165) is 6.54 Å². The minimum Gasteiger partial charge on any atom is -0.496 e. The summed E-state index contributed by atoms with van der Waals surface area (Å²) in [5, 5.41) is 9.10. The summed E-state index contributed by atoms with van der Waals surface area (Å²) in [5.74, 6) is 0.447. The molecule has 5 nitrogen and oxygen atoms in total. The van der Waals surface area contributed by atoms with Crippen LogP contribution in [0, 0.1) is 17.2 Å². The van der Waals surface area contributed by atoms with Crippen LogP contribution in [0.4, 0.5) is 0 Å². The van der Waals surface area contributed by atoms with Gasteiger partial charge in [0.2, 0.25) is 0 Å². The van der Waals surface area contributed by atoms with Crippen molar-refractivity contribution in [2.45, 2.75) is 46.6 Å². The van der Waals surface area contributed by atoms with Crippen molar-refractivity contribution >= 4 is 17.2 Å². The zero-order valence-electron chi connectivity index (χ0n) is 16.2. The zero-order valence-corrected chi connectivity index (χ0v) is 17.0. The fraction of sp³-hybridized carbons (Fsp3) is 0.450. The number of ether oxygens (including phenoxy) is 1. The SMILES string of the molecule is COc1ccc(C#N)cc1C(=O)N=c1sc(C(C)(C)C)cn1CC(C)C. The highest BCUT2D eigenvalue weighted by atomic mass is 32.1. The summed E-state index contributed by atoms with van der Waals surface area (Å²) >= 11 is 1.52. The van der Waals surface area contributed by atoms with Crippen molar-refractivity contribution in [2.24, 2.45) is 10.9 Å². The summed E-state index contributed by atoms with van der Waals surface area (Å²) in [7, 11) is 1.50. The molecule has 1 heterocycles. The van der Waals surface area contributed by atoms with Gasteiger partial charge in [0.1, 0.15) is 5.75 Å². The summed E-state index contributed by atoms with van der Waals surface area (Å²) in [6.07, 6.45) is 2.08. The molecule has 26 heavy (non-hydrogen) atoms. The summed E-state index contributed by atoms with van der Waals surface area (Å²) < 4.78 is 7.30. The second-order valence-electron chi connectivity index (χ2n) is 7.62. The molecule has 6 heteroatoms. The first-order chi connectivity index (χ1) is 12.2. The molecule has 1 aromatic heterocycles. The highest BCUT2D eigenvalue weighted by Gasteiger charge is 2.19. The Bertz CT molecular complexity index is 908. The Morgan fingerprint density at radius 1 is 1.38 bits per heavy atom. The molecule has 1 aromatic carbocycles. The third-order valence-corrected chi connectivity index (χ3v) is 5.22. The monoisotopic (exact) mass is 371 g/mol. The molecule has 0 unspecified atom stereocenters. The van der Waals surface area contributed by atoms with Crippen LogP contribution in [-0.4, -0.2) is 17.6 Å². The average molecular weight is 372 g/mol. The van der Waals surface area contributed by atoms with E-state index in [1.165, 1.54) is 29.4 Å². The van der Waals surface area contributed by atoms with Crippen LogP contribution < -0.4 is 9.54 Å². The van der Waals surface area contributed by atoms with Gasteiger partial charge in [-0.15, -0.1) is 11.3 Å². The van der Waals surface area contributed by atoms with E-state index in [1.54, 1.807) is 12.1 Å². The van der Waals surface area contributed by atoms with E-state index >= 15 is 0 Å². The molecule has 0 spiro atoms. The van der Waals surface area contributed by atoms with Gasteiger partial charge in [-0.2, -0.15) is 10.3 Å². The molecule has 2 rings (SSSR count). The predicted molar refractivity (Wildman–Crippen MR) is 103 cm³/mol. The number of benzene rings is 1. The Hall–Kier alpha value is -2.39. The number of methoxy groups -OCH3 is 1. The molecule has 0 aliphatic carbocycles. The van der Waals surface area contributed by atoms with Crippen LogP contribution in [0.25, 0.3) is 0 Å². The molecular weight excluding hydrogens is 346 g/mol. The molecule has 1 amide bonds. The highest BCUT2D eigenvalue weighted by molar-refractivity contribution is 7.09. The van der Waals surface area contributed by atoms with E-state index in [4.69, 9.17) is 10.00 Å². The first-order valence-corrected chi connectivity index (χ1v) is 9.35. The molecule has 138 valence electrons. The standard InChI is InChI=1S/C20H25N3O2S/c1-13(2)11-23-12-17(20(3,4)5)26-19(23)22-18(24)15-9-14(10-21)7-8-16(15)25-6/h7-9,12-13H,11H2,1-6H3. The number of amides is 1. The maximum absolute atomic E-state index is 12.8. The molecule has 0 saturated carbocycles. The Balaban J connectivity index is 2.57. The lowest BCUT2D eigenvalue weighted by atomic mass is 9.95. The van der Waals surface area contributed by atoms with Crippen LogP contribution in [0.3, 0.4) is 0 Å². The molecule has 0 fully saturated rings. The van der Waals surface area contributed by atoms with Crippen LogP contribution in [0.5, 0.6) is 5.75 Å². The van der Waals surface area contributed by atoms with Gasteiger partial charge >= 0.3 is 0 Å². The van der Waals surface area contributed by atoms with E-state index in [1.807, 2.05) is 10.6 Å². The predicted octanol–water partition coefficient (Wildman–Crippen LogP) is 4.12. The zero-order chi connectivity index (χ0) is 19.5. The third kappa shape index (κ3) is 4.61. The minimum atomic E-state index is -0.404. The van der Waals surface area contributed by atoms with Crippen molar-refractivity contribution in [1.29, 1.82) is 5.26 Å². The Morgan fingerprint density at radius 2 is 2.08 bits per heavy atom. The highest BCUT2D eigenvalue weighted by Crippen LogP contribution is 2.25. The number of nitrogens with zero attached hydrogens (tertiary/aromatic N) is 3. The number of carbonyl (C=O) groups is 1. The number of rotatable bonds is 4. The van der Waals surface area contributed by atoms with Crippen molar-refractivity contribution < 1.29 is 9.53 Å². The summed E-state index contributed by atoms with van der Waals surface area (Å²) in [5.41, 5.74) is 0.688. The van der Waals surface area contributed by atoms with Crippen LogP contribution >= 0.6 is 11.3 Å². The van der Waals surface area contributed by atoms with Gasteiger partial charge < -0.3 is 9.30 Å². The topological polar surface area (TPSA) is 67.4 Å². The fourth-order valence-electron chi connectivity index (χ4n) is 2.43. The fourth-order valence-corrected chi connectivity index (χ4v) is 3.49. The van der Waals surface area contributed by atoms with Gasteiger partial charge in [0.05, 0.1) is 24.3 Å². The number of thiazole rings is 1. The number of hydrogen-bond donors (Lipinski definition) is 0. The van der Waals surface area contributed by atoms with E-state index in [-0.39, 0.29) is 5.41 Å². The van der Waals surface area contributed by atoms with Crippen LogP contribution in [0.15, 0.2) is 29.4 Å². The van der Waals surface area contributed by atoms with Gasteiger partial charge in [0.15, 0.2) is 4.80 Å². The van der Waals surface area contributed by atoms with Gasteiger partial charge in [-0.25, -0.2) is 0 Å². The number of aromatic nitrogens is 1. The molecule has 0 radical (unpaired) electrons. The quantitative estimate of drug-likeness (QED) is 0.812. The maximum atomic E-state index is 12.8. The lowest BCUT2D eigenvalue weighted by molar-refractivity contribution is 0.0994. The Labute approximate surface area is 158 Å². The van der Waals surface area contributed by atoms with Crippen molar-refractivity contribution in [2.75, 3.05) is 7.11 Å². The van der Waals surface area contributed by atoms with Crippen LogP contribution in [-0.2, 0) is 12.0 Å². The van der Waals surface area contributed by atoms with E-state index in [0.29, 0.717) is 27.6 Å². The van der Waals surface area contributed by atoms with Crippen molar-refractivity contribution in [3.05, 3.63) is 45.2 Å². The number of nitriles is 1. The maximum Gasteiger partial charge on any atom is 0.283 e. The van der Waals surface area contributed by atoms with E-state index < -0.39 is 5.91 Å². The van der Waals surface area contributed by atoms with Gasteiger partial charge in [-0.3, -0.25) is 4.79 Å². The first-order valence-electron chi connectivity index (χ1n) is 8.53. The largest absolute Gasteiger partial charge is 0.496 e. The van der Waals surface area contributed by atoms with Gasteiger partial charge in [0.25, 0.3) is 5.91 Å². The molecule has 0 saturated heterocycles. The summed E-state index contributed by atoms with van der Waals surface area (Å²) in [6, 6.07) is 6.82. The van der Waals surface area contributed by atoms with Crippen LogP contribution in [0.2, 0.25) is 0 Å². The Kier molecular flexibility index (Phi) is 6.04. The van der Waals surface area contributed by atoms with Gasteiger partial charge in [0, 0.05) is 17.6 Å². The summed E-state index contributed by atoms with van der Waals surface area (Å²) in [4.78, 5) is 19.0. The van der Waals surface area contributed by atoms with Gasteiger partial charge in [-0.1, -0.05) is 34.6 Å². The van der Waals surface area contributed by atoms with Crippen molar-refractivity contribution in [1.82, 2.24) is 4.57 Å². The normalized spacial score (nSPS) is 12.3. The average Bonchev–Trinajstić information content (AvgIpc) is 2.96. The second kappa shape index (κ2) is 7.88. The Morgan fingerprint density at radius 3 is 2.62 bits per heavy atom. The molecule has 0 atom stereocenters. The molecule has 0 aliphatic heterocycles. The van der Waals surface area contributed by atoms with E-state index in [9.17, 15) is 4.79 Å².